The molecule has 308 valence electrons. The highest BCUT2D eigenvalue weighted by Crippen LogP contribution is 2.31. The normalized spacial score (nSPS) is 21.2. The first-order valence-corrected chi connectivity index (χ1v) is 19.6. The van der Waals surface area contributed by atoms with Crippen molar-refractivity contribution in [2.45, 2.75) is 129 Å². The monoisotopic (exact) mass is 761 g/mol. The second-order valence-electron chi connectivity index (χ2n) is 16.1. The largest absolute Gasteiger partial charge is 0.380 e. The zero-order valence-electron chi connectivity index (χ0n) is 35.5. The van der Waals surface area contributed by atoms with Crippen LogP contribution in [0.2, 0.25) is 0 Å². The highest BCUT2D eigenvalue weighted by atomic mass is 16.5. The average Bonchev–Trinajstić information content (AvgIpc) is 3.57. The molecule has 1 aliphatic rings. The van der Waals surface area contributed by atoms with Crippen LogP contribution in [0.4, 0.5) is 0 Å². The van der Waals surface area contributed by atoms with E-state index in [0.29, 0.717) is 13.0 Å². The maximum atomic E-state index is 14.4. The lowest BCUT2D eigenvalue weighted by atomic mass is 9.89. The minimum atomic E-state index is -0.769. The Hall–Kier alpha value is -3.10. The SMILES string of the molecule is CC[C@H](C)[C@@H]([C@@H](CC(=O)N1C[C@H](OC)C[C@H]1[C@H](OC)[C@@H](C)C(=O)N[C@@H](C)C(N)c1ccccc1)OC)N(C)C(=O)[C@@H](NC(=O)[C@H](C(C)C)N(C)C)C(C)C. The van der Waals surface area contributed by atoms with Crippen LogP contribution in [0.15, 0.2) is 30.3 Å². The zero-order valence-corrected chi connectivity index (χ0v) is 35.5. The molecule has 0 spiro atoms. The molecule has 13 nitrogen and oxygen atoms in total. The summed E-state index contributed by atoms with van der Waals surface area (Å²) >= 11 is 0. The van der Waals surface area contributed by atoms with Gasteiger partial charge in [-0.2, -0.15) is 0 Å². The molecular weight excluding hydrogens is 688 g/mol. The molecule has 2 rings (SSSR count). The smallest absolute Gasteiger partial charge is 0.245 e. The number of hydrogen-bond donors (Lipinski definition) is 3. The molecule has 0 aromatic heterocycles. The van der Waals surface area contributed by atoms with Gasteiger partial charge in [0.25, 0.3) is 0 Å². The number of likely N-dealkylation sites (tertiary alicyclic amines) is 1. The van der Waals surface area contributed by atoms with Gasteiger partial charge in [0, 0.05) is 47.0 Å². The van der Waals surface area contributed by atoms with Crippen LogP contribution in [-0.4, -0.2) is 136 Å². The van der Waals surface area contributed by atoms with Crippen molar-refractivity contribution in [2.24, 2.45) is 29.4 Å². The Morgan fingerprint density at radius 1 is 0.889 bits per heavy atom. The van der Waals surface area contributed by atoms with E-state index in [0.717, 1.165) is 12.0 Å². The van der Waals surface area contributed by atoms with Gasteiger partial charge < -0.3 is 40.4 Å². The number of nitrogens with zero attached hydrogens (tertiary/aromatic N) is 3. The Kier molecular flexibility index (Phi) is 19.0. The first kappa shape index (κ1) is 47.1. The molecular formula is C41H72N6O7. The summed E-state index contributed by atoms with van der Waals surface area (Å²) in [6.45, 7) is 15.9. The predicted octanol–water partition coefficient (Wildman–Crippen LogP) is 3.46. The van der Waals surface area contributed by atoms with Crippen molar-refractivity contribution in [2.75, 3.05) is 49.0 Å². The highest BCUT2D eigenvalue weighted by molar-refractivity contribution is 5.90. The number of carbonyl (C=O) groups is 4. The molecule has 0 saturated carbocycles. The van der Waals surface area contributed by atoms with Crippen LogP contribution in [0.25, 0.3) is 0 Å². The van der Waals surface area contributed by atoms with E-state index in [9.17, 15) is 19.2 Å². The number of likely N-dealkylation sites (N-methyl/N-ethyl adjacent to an activating group) is 2. The zero-order chi connectivity index (χ0) is 41.0. The molecule has 4 amide bonds. The number of nitrogens with two attached hydrogens (primary N) is 1. The predicted molar refractivity (Wildman–Crippen MR) is 212 cm³/mol. The van der Waals surface area contributed by atoms with Crippen LogP contribution in [0.1, 0.15) is 86.3 Å². The van der Waals surface area contributed by atoms with Gasteiger partial charge in [-0.1, -0.05) is 85.2 Å². The Morgan fingerprint density at radius 2 is 1.50 bits per heavy atom. The van der Waals surface area contributed by atoms with Crippen molar-refractivity contribution in [3.8, 4) is 0 Å². The number of nitrogens with one attached hydrogen (secondary N) is 2. The maximum absolute atomic E-state index is 14.4. The number of methoxy groups -OCH3 is 3. The summed E-state index contributed by atoms with van der Waals surface area (Å²) in [6, 6.07) is 6.78. The van der Waals surface area contributed by atoms with Gasteiger partial charge in [-0.25, -0.2) is 0 Å². The van der Waals surface area contributed by atoms with Crippen LogP contribution in [0.5, 0.6) is 0 Å². The molecule has 0 radical (unpaired) electrons. The first-order chi connectivity index (χ1) is 25.4. The van der Waals surface area contributed by atoms with E-state index < -0.39 is 48.3 Å². The van der Waals surface area contributed by atoms with E-state index in [2.05, 4.69) is 10.6 Å². The molecule has 1 aromatic rings. The topological polar surface area (TPSA) is 156 Å². The van der Waals surface area contributed by atoms with Crippen molar-refractivity contribution < 1.29 is 33.4 Å². The van der Waals surface area contributed by atoms with Crippen LogP contribution < -0.4 is 16.4 Å². The molecule has 0 aliphatic carbocycles. The molecule has 1 heterocycles. The fraction of sp³-hybridized carbons (Fsp3) is 0.756. The molecule has 1 saturated heterocycles. The maximum Gasteiger partial charge on any atom is 0.245 e. The molecule has 13 heteroatoms. The van der Waals surface area contributed by atoms with Crippen molar-refractivity contribution in [3.63, 3.8) is 0 Å². The van der Waals surface area contributed by atoms with Crippen LogP contribution >= 0.6 is 0 Å². The fourth-order valence-corrected chi connectivity index (χ4v) is 7.97. The number of amides is 4. The summed E-state index contributed by atoms with van der Waals surface area (Å²) in [4.78, 5) is 61.0. The lowest BCUT2D eigenvalue weighted by molar-refractivity contribution is -0.148. The number of benzene rings is 1. The number of hydrogen-bond acceptors (Lipinski definition) is 9. The standard InChI is InChI=1S/C41H72N6O7/c1-15-26(6)37(46(11)41(51)35(24(2)3)44-40(50)36(25(4)5)45(9)10)32(53-13)22-33(48)47-23-30(52-12)21-31(47)38(54-14)27(7)39(49)43-28(8)34(42)29-19-17-16-18-20-29/h16-20,24-28,30-32,34-38H,15,21-23,42H2,1-14H3,(H,43,49)(H,44,50)/t26-,27+,28-,30+,31-,32+,34?,35-,36-,37-,38+/m0/s1. The lowest BCUT2D eigenvalue weighted by Gasteiger charge is -2.41. The van der Waals surface area contributed by atoms with Gasteiger partial charge in [0.1, 0.15) is 6.04 Å². The van der Waals surface area contributed by atoms with Gasteiger partial charge in [0.2, 0.25) is 23.6 Å². The number of carbonyl (C=O) groups excluding carboxylic acids is 4. The Bertz CT molecular complexity index is 1320. The summed E-state index contributed by atoms with van der Waals surface area (Å²) in [5.41, 5.74) is 7.40. The number of rotatable bonds is 21. The molecule has 11 atom stereocenters. The molecule has 0 bridgehead atoms. The van der Waals surface area contributed by atoms with Crippen molar-refractivity contribution in [3.05, 3.63) is 35.9 Å². The fourth-order valence-electron chi connectivity index (χ4n) is 7.97. The highest BCUT2D eigenvalue weighted by Gasteiger charge is 2.46. The third kappa shape index (κ3) is 11.9. The summed E-state index contributed by atoms with van der Waals surface area (Å²) in [5, 5.41) is 6.11. The Balaban J connectivity index is 2.33. The average molecular weight is 761 g/mol. The minimum Gasteiger partial charge on any atom is -0.380 e. The molecule has 54 heavy (non-hydrogen) atoms. The van der Waals surface area contributed by atoms with Crippen molar-refractivity contribution >= 4 is 23.6 Å². The van der Waals surface area contributed by atoms with Crippen LogP contribution in [0, 0.1) is 23.7 Å². The summed E-state index contributed by atoms with van der Waals surface area (Å²) in [5.74, 6) is -1.64. The van der Waals surface area contributed by atoms with E-state index >= 15 is 0 Å². The summed E-state index contributed by atoms with van der Waals surface area (Å²) in [6.07, 6.45) is -0.322. The Morgan fingerprint density at radius 3 is 1.98 bits per heavy atom. The van der Waals surface area contributed by atoms with Gasteiger partial charge in [0.15, 0.2) is 0 Å². The molecule has 1 aliphatic heterocycles. The third-order valence-corrected chi connectivity index (χ3v) is 11.4. The van der Waals surface area contributed by atoms with E-state index in [1.165, 1.54) is 0 Å². The lowest BCUT2D eigenvalue weighted by Crippen LogP contribution is -2.59. The van der Waals surface area contributed by atoms with Crippen LogP contribution in [0.3, 0.4) is 0 Å². The van der Waals surface area contributed by atoms with Crippen LogP contribution in [-0.2, 0) is 33.4 Å². The molecule has 1 aromatic carbocycles. The molecule has 4 N–H and O–H groups in total. The third-order valence-electron chi connectivity index (χ3n) is 11.4. The second-order valence-corrected chi connectivity index (χ2v) is 16.1. The van der Waals surface area contributed by atoms with Gasteiger partial charge in [-0.05, 0) is 50.8 Å². The van der Waals surface area contributed by atoms with E-state index in [1.807, 2.05) is 97.8 Å². The summed E-state index contributed by atoms with van der Waals surface area (Å²) in [7, 11) is 10.2. The van der Waals surface area contributed by atoms with Gasteiger partial charge in [-0.15, -0.1) is 0 Å². The van der Waals surface area contributed by atoms with Crippen molar-refractivity contribution in [1.82, 2.24) is 25.3 Å². The molecule has 1 unspecified atom stereocenters. The number of ether oxygens (including phenoxy) is 3. The quantitative estimate of drug-likeness (QED) is 0.171. The van der Waals surface area contributed by atoms with Gasteiger partial charge in [0.05, 0.1) is 48.8 Å². The van der Waals surface area contributed by atoms with E-state index in [1.54, 1.807) is 45.1 Å². The minimum absolute atomic E-state index is 0.00913. The van der Waals surface area contributed by atoms with E-state index in [4.69, 9.17) is 19.9 Å². The Labute approximate surface area is 325 Å². The summed E-state index contributed by atoms with van der Waals surface area (Å²) < 4.78 is 17.8. The van der Waals surface area contributed by atoms with E-state index in [-0.39, 0.29) is 59.9 Å². The van der Waals surface area contributed by atoms with Gasteiger partial charge in [-0.3, -0.25) is 24.1 Å². The molecule has 1 fully saturated rings. The van der Waals surface area contributed by atoms with Crippen molar-refractivity contribution in [1.29, 1.82) is 0 Å². The second kappa shape index (κ2) is 21.8. The first-order valence-electron chi connectivity index (χ1n) is 19.6. The van der Waals surface area contributed by atoms with Gasteiger partial charge >= 0.3 is 0 Å².